The van der Waals surface area contributed by atoms with Crippen LogP contribution in [0.5, 0.6) is 5.75 Å². The van der Waals surface area contributed by atoms with Gasteiger partial charge in [0.15, 0.2) is 0 Å². The fourth-order valence-corrected chi connectivity index (χ4v) is 6.76. The maximum atomic E-state index is 13.5. The van der Waals surface area contributed by atoms with Crippen molar-refractivity contribution in [2.24, 2.45) is 5.41 Å². The van der Waals surface area contributed by atoms with Crippen LogP contribution in [0.25, 0.3) is 22.2 Å². The molecule has 1 aromatic heterocycles. The van der Waals surface area contributed by atoms with Gasteiger partial charge >= 0.3 is 6.36 Å². The third kappa shape index (κ3) is 5.11. The smallest absolute Gasteiger partial charge is 0.405 e. The molecular weight excluding hydrogens is 539 g/mol. The molecule has 0 radical (unpaired) electrons. The molecular formula is C30H34F3N3O3S. The normalized spacial score (nSPS) is 19.7. The average molecular weight is 574 g/mol. The summed E-state index contributed by atoms with van der Waals surface area (Å²) < 4.78 is 51.7. The van der Waals surface area contributed by atoms with E-state index in [2.05, 4.69) is 27.9 Å². The molecule has 3 aromatic rings. The predicted octanol–water partition coefficient (Wildman–Crippen LogP) is 7.43. The fourth-order valence-electron chi connectivity index (χ4n) is 6.38. The van der Waals surface area contributed by atoms with E-state index in [0.29, 0.717) is 29.7 Å². The molecule has 2 atom stereocenters. The summed E-state index contributed by atoms with van der Waals surface area (Å²) in [6.07, 6.45) is 0.217. The number of fused-ring (bicyclic) bond motifs is 7. The Labute approximate surface area is 236 Å². The largest absolute Gasteiger partial charge is 0.573 e. The maximum absolute atomic E-state index is 13.5. The van der Waals surface area contributed by atoms with Crippen LogP contribution < -0.4 is 9.46 Å². The Morgan fingerprint density at radius 3 is 2.58 bits per heavy atom. The minimum Gasteiger partial charge on any atom is -0.405 e. The maximum Gasteiger partial charge on any atom is 0.573 e. The van der Waals surface area contributed by atoms with Gasteiger partial charge in [0.25, 0.3) is 5.91 Å². The Kier molecular flexibility index (Phi) is 7.69. The molecule has 2 aromatic carbocycles. The summed E-state index contributed by atoms with van der Waals surface area (Å²) in [5.41, 5.74) is 3.47. The highest BCUT2D eigenvalue weighted by molar-refractivity contribution is 7.95. The number of rotatable bonds is 10. The van der Waals surface area contributed by atoms with E-state index in [-0.39, 0.29) is 23.5 Å². The summed E-state index contributed by atoms with van der Waals surface area (Å²) in [5, 5.41) is 0.965. The van der Waals surface area contributed by atoms with Crippen molar-refractivity contribution < 1.29 is 27.5 Å². The van der Waals surface area contributed by atoms with Crippen LogP contribution in [0.4, 0.5) is 13.2 Å². The Morgan fingerprint density at radius 2 is 1.95 bits per heavy atom. The lowest BCUT2D eigenvalue weighted by Gasteiger charge is -2.21. The highest BCUT2D eigenvalue weighted by Crippen LogP contribution is 2.65. The number of carbonyl (C=O) groups is 2. The lowest BCUT2D eigenvalue weighted by molar-refractivity contribution is -0.274. The van der Waals surface area contributed by atoms with Crippen molar-refractivity contribution in [2.45, 2.75) is 70.7 Å². The third-order valence-electron chi connectivity index (χ3n) is 8.07. The monoisotopic (exact) mass is 573 g/mol. The van der Waals surface area contributed by atoms with Crippen LogP contribution in [0.15, 0.2) is 36.4 Å². The van der Waals surface area contributed by atoms with Crippen molar-refractivity contribution in [1.82, 2.24) is 13.6 Å². The van der Waals surface area contributed by atoms with Gasteiger partial charge in [-0.1, -0.05) is 44.9 Å². The molecule has 0 spiro atoms. The minimum absolute atomic E-state index is 0.166. The van der Waals surface area contributed by atoms with Gasteiger partial charge < -0.3 is 14.1 Å². The molecule has 0 saturated heterocycles. The minimum atomic E-state index is -4.85. The fraction of sp³-hybridized carbons (Fsp3) is 0.467. The molecule has 214 valence electrons. The number of halogens is 3. The quantitative estimate of drug-likeness (QED) is 0.202. The van der Waals surface area contributed by atoms with Gasteiger partial charge in [-0.15, -0.1) is 13.2 Å². The molecule has 1 saturated carbocycles. The van der Waals surface area contributed by atoms with Gasteiger partial charge in [-0.3, -0.25) is 9.52 Å². The molecule has 6 nitrogen and oxygen atoms in total. The van der Waals surface area contributed by atoms with E-state index >= 15 is 0 Å². The third-order valence-corrected chi connectivity index (χ3v) is 8.71. The van der Waals surface area contributed by atoms with Crippen molar-refractivity contribution in [3.8, 4) is 17.0 Å². The molecule has 1 amide bonds. The molecule has 2 aliphatic rings. The second-order valence-corrected chi connectivity index (χ2v) is 12.2. The number of nitrogens with zero attached hydrogens (tertiary/aromatic N) is 2. The predicted molar refractivity (Wildman–Crippen MR) is 151 cm³/mol. The number of aromatic nitrogens is 1. The number of hydrogen-bond donors (Lipinski definition) is 1. The lowest BCUT2D eigenvalue weighted by Crippen LogP contribution is -2.20. The molecule has 10 heteroatoms. The second-order valence-electron chi connectivity index (χ2n) is 11.1. The summed E-state index contributed by atoms with van der Waals surface area (Å²) in [7, 11) is 3.65. The molecule has 1 aliphatic carbocycles. The van der Waals surface area contributed by atoms with Gasteiger partial charge in [0, 0.05) is 52.2 Å². The van der Waals surface area contributed by atoms with Crippen LogP contribution in [0.1, 0.15) is 79.3 Å². The first-order chi connectivity index (χ1) is 19.0. The van der Waals surface area contributed by atoms with E-state index in [1.165, 1.54) is 18.2 Å². The number of nitrogens with one attached hydrogen (secondary N) is 1. The summed E-state index contributed by atoms with van der Waals surface area (Å²) in [5.74, 6) is -0.702. The summed E-state index contributed by atoms with van der Waals surface area (Å²) in [6, 6.07) is 10.4. The van der Waals surface area contributed by atoms with Crippen molar-refractivity contribution in [1.29, 1.82) is 0 Å². The average Bonchev–Trinajstić information content (AvgIpc) is 3.54. The van der Waals surface area contributed by atoms with Crippen molar-refractivity contribution in [3.63, 3.8) is 0 Å². The zero-order valence-corrected chi connectivity index (χ0v) is 23.9. The number of carbonyl (C=O) groups excluding carboxylic acids is 2. The van der Waals surface area contributed by atoms with Crippen LogP contribution >= 0.6 is 12.1 Å². The van der Waals surface area contributed by atoms with E-state index in [1.807, 2.05) is 32.3 Å². The van der Waals surface area contributed by atoms with Crippen LogP contribution in [0, 0.1) is 5.41 Å². The van der Waals surface area contributed by atoms with Gasteiger partial charge in [-0.2, -0.15) is 0 Å². The van der Waals surface area contributed by atoms with E-state index in [0.717, 1.165) is 54.1 Å². The zero-order valence-electron chi connectivity index (χ0n) is 23.1. The van der Waals surface area contributed by atoms with E-state index in [1.54, 1.807) is 16.4 Å². The Morgan fingerprint density at radius 1 is 1.23 bits per heavy atom. The van der Waals surface area contributed by atoms with Crippen LogP contribution in [-0.4, -0.2) is 41.5 Å². The molecule has 2 unspecified atom stereocenters. The number of benzene rings is 2. The summed E-state index contributed by atoms with van der Waals surface area (Å²) >= 11 is 1.18. The topological polar surface area (TPSA) is 63.6 Å². The van der Waals surface area contributed by atoms with E-state index < -0.39 is 11.8 Å². The first-order valence-corrected chi connectivity index (χ1v) is 14.5. The van der Waals surface area contributed by atoms with Crippen LogP contribution in [-0.2, 0) is 11.3 Å². The number of hydrogen-bond acceptors (Lipinski definition) is 5. The zero-order chi connectivity index (χ0) is 28.8. The van der Waals surface area contributed by atoms with Crippen LogP contribution in [0.2, 0.25) is 0 Å². The van der Waals surface area contributed by atoms with Gasteiger partial charge in [0.2, 0.25) is 0 Å². The van der Waals surface area contributed by atoms with Gasteiger partial charge in [0.05, 0.1) is 11.1 Å². The lowest BCUT2D eigenvalue weighted by atomic mass is 9.85. The van der Waals surface area contributed by atoms with Crippen LogP contribution in [0.3, 0.4) is 0 Å². The standard InChI is InChI=1S/C30H34F3N3O3S/c1-5-8-18(9-6-2)25-20-13-12-19(28(38)34-40-35(3)4)14-23(20)36-16-29(17-37)15-22(29)26-21(27(25)36)10-7-11-24(26)39-30(31,32)33/h7,10-14,17-18,22H,5-6,8-9,15-16H2,1-4H3,(H,34,38). The van der Waals surface area contributed by atoms with Crippen molar-refractivity contribution in [2.75, 3.05) is 14.1 Å². The summed E-state index contributed by atoms with van der Waals surface area (Å²) in [6.45, 7) is 4.59. The first-order valence-electron chi connectivity index (χ1n) is 13.7. The number of amides is 1. The molecule has 1 fully saturated rings. The molecule has 2 heterocycles. The highest BCUT2D eigenvalue weighted by Gasteiger charge is 2.59. The van der Waals surface area contributed by atoms with Crippen molar-refractivity contribution >= 4 is 35.2 Å². The molecule has 5 rings (SSSR count). The Hall–Kier alpha value is -2.98. The number of alkyl halides is 3. The molecule has 40 heavy (non-hydrogen) atoms. The SMILES string of the molecule is CCCC(CCC)c1c2n(c3cc(C(=O)NSN(C)C)ccc13)CC1(C=O)CC1c1c(OC(F)(F)F)cccc1-2. The van der Waals surface area contributed by atoms with E-state index in [9.17, 15) is 22.8 Å². The van der Waals surface area contributed by atoms with Gasteiger partial charge in [-0.05, 0) is 63.0 Å². The van der Waals surface area contributed by atoms with Crippen molar-refractivity contribution in [3.05, 3.63) is 53.1 Å². The second kappa shape index (κ2) is 10.8. The number of ether oxygens (including phenoxy) is 1. The summed E-state index contributed by atoms with van der Waals surface area (Å²) in [4.78, 5) is 25.5. The van der Waals surface area contributed by atoms with E-state index in [4.69, 9.17) is 0 Å². The molecule has 0 bridgehead atoms. The first kappa shape index (κ1) is 28.5. The molecule has 1 aliphatic heterocycles. The molecule has 1 N–H and O–H groups in total. The van der Waals surface area contributed by atoms with Gasteiger partial charge in [0.1, 0.15) is 12.0 Å². The Balaban J connectivity index is 1.80. The number of aldehydes is 1. The Bertz CT molecular complexity index is 1450. The van der Waals surface area contributed by atoms with Gasteiger partial charge in [-0.25, -0.2) is 4.31 Å². The highest BCUT2D eigenvalue weighted by atomic mass is 32.2.